The van der Waals surface area contributed by atoms with E-state index in [4.69, 9.17) is 4.74 Å². The number of hydrogen-bond donors (Lipinski definition) is 0. The van der Waals surface area contributed by atoms with E-state index in [9.17, 15) is 9.59 Å². The van der Waals surface area contributed by atoms with Crippen LogP contribution in [0.3, 0.4) is 0 Å². The highest BCUT2D eigenvalue weighted by Crippen LogP contribution is 2.52. The van der Waals surface area contributed by atoms with Crippen molar-refractivity contribution in [3.8, 4) is 0 Å². The molecule has 0 bridgehead atoms. The van der Waals surface area contributed by atoms with E-state index < -0.39 is 5.60 Å². The molecule has 1 aliphatic heterocycles. The predicted molar refractivity (Wildman–Crippen MR) is 79.0 cm³/mol. The molecule has 2 heterocycles. The Morgan fingerprint density at radius 2 is 1.95 bits per heavy atom. The van der Waals surface area contributed by atoms with Gasteiger partial charge in [0.15, 0.2) is 0 Å². The molecular weight excluding hydrogens is 268 g/mol. The van der Waals surface area contributed by atoms with Gasteiger partial charge in [-0.2, -0.15) is 0 Å². The van der Waals surface area contributed by atoms with E-state index in [1.54, 1.807) is 21.6 Å². The summed E-state index contributed by atoms with van der Waals surface area (Å²) in [4.78, 5) is 25.5. The lowest BCUT2D eigenvalue weighted by molar-refractivity contribution is 0.0264. The fraction of sp³-hybridized carbons (Fsp3) is 0.625. The van der Waals surface area contributed by atoms with Crippen LogP contribution in [-0.2, 0) is 11.3 Å². The van der Waals surface area contributed by atoms with Gasteiger partial charge in [-0.05, 0) is 44.6 Å². The summed E-state index contributed by atoms with van der Waals surface area (Å²) in [7, 11) is 0. The first-order valence-corrected chi connectivity index (χ1v) is 7.48. The molecule has 5 heteroatoms. The Labute approximate surface area is 124 Å². The molecule has 1 saturated heterocycles. The highest BCUT2D eigenvalue weighted by atomic mass is 16.6. The topological polar surface area (TPSA) is 51.5 Å². The summed E-state index contributed by atoms with van der Waals surface area (Å²) < 4.78 is 7.16. The van der Waals surface area contributed by atoms with Crippen molar-refractivity contribution < 1.29 is 9.53 Å². The molecule has 0 aromatic carbocycles. The highest BCUT2D eigenvalue weighted by molar-refractivity contribution is 5.68. The third kappa shape index (κ3) is 2.96. The maximum Gasteiger partial charge on any atom is 0.410 e. The average Bonchev–Trinajstić information content (AvgIpc) is 2.83. The Morgan fingerprint density at radius 1 is 1.29 bits per heavy atom. The van der Waals surface area contributed by atoms with Gasteiger partial charge in [0.2, 0.25) is 0 Å². The third-order valence-corrected chi connectivity index (χ3v) is 4.33. The molecule has 2 aliphatic rings. The summed E-state index contributed by atoms with van der Waals surface area (Å²) in [5.41, 5.74) is -0.396. The van der Waals surface area contributed by atoms with Crippen molar-refractivity contribution in [2.75, 3.05) is 13.1 Å². The maximum atomic E-state index is 12.0. The zero-order valence-electron chi connectivity index (χ0n) is 12.8. The summed E-state index contributed by atoms with van der Waals surface area (Å²) in [5, 5.41) is 0. The van der Waals surface area contributed by atoms with Crippen molar-refractivity contribution in [2.45, 2.75) is 32.9 Å². The van der Waals surface area contributed by atoms with Crippen molar-refractivity contribution in [3.63, 3.8) is 0 Å². The van der Waals surface area contributed by atoms with Gasteiger partial charge in [-0.25, -0.2) is 4.79 Å². The van der Waals surface area contributed by atoms with E-state index in [-0.39, 0.29) is 11.7 Å². The van der Waals surface area contributed by atoms with E-state index in [1.165, 1.54) is 0 Å². The smallest absolute Gasteiger partial charge is 0.410 e. The predicted octanol–water partition coefficient (Wildman–Crippen LogP) is 1.96. The first-order chi connectivity index (χ1) is 9.85. The standard InChI is InChI=1S/C16H22N2O3/c1-16(2,3)21-15(20)18-9-12-11(13(12)10-18)8-17-7-5-4-6-14(17)19/h4-7,11-13H,8-10H2,1-3H3/t11?,12-,13+. The third-order valence-electron chi connectivity index (χ3n) is 4.33. The lowest BCUT2D eigenvalue weighted by atomic mass is 10.2. The zero-order chi connectivity index (χ0) is 15.2. The Morgan fingerprint density at radius 3 is 2.52 bits per heavy atom. The van der Waals surface area contributed by atoms with Gasteiger partial charge in [-0.3, -0.25) is 4.79 Å². The van der Waals surface area contributed by atoms with Crippen LogP contribution in [-0.4, -0.2) is 34.3 Å². The molecule has 2 fully saturated rings. The molecule has 1 unspecified atom stereocenters. The molecule has 0 radical (unpaired) electrons. The van der Waals surface area contributed by atoms with Crippen molar-refractivity contribution in [1.82, 2.24) is 9.47 Å². The van der Waals surface area contributed by atoms with E-state index in [0.29, 0.717) is 17.8 Å². The van der Waals surface area contributed by atoms with Gasteiger partial charge in [0.1, 0.15) is 5.60 Å². The summed E-state index contributed by atoms with van der Waals surface area (Å²) in [6.45, 7) is 7.92. The molecule has 114 valence electrons. The molecule has 1 saturated carbocycles. The van der Waals surface area contributed by atoms with Gasteiger partial charge in [0.25, 0.3) is 5.56 Å². The summed E-state index contributed by atoms with van der Waals surface area (Å²) in [6.07, 6.45) is 1.62. The van der Waals surface area contributed by atoms with Gasteiger partial charge >= 0.3 is 6.09 Å². The summed E-state index contributed by atoms with van der Waals surface area (Å²) >= 11 is 0. The summed E-state index contributed by atoms with van der Waals surface area (Å²) in [6, 6.07) is 5.23. The number of aromatic nitrogens is 1. The number of rotatable bonds is 2. The van der Waals surface area contributed by atoms with Crippen LogP contribution in [0.2, 0.25) is 0 Å². The number of piperidine rings is 1. The number of likely N-dealkylation sites (tertiary alicyclic amines) is 1. The Hall–Kier alpha value is -1.78. The number of pyridine rings is 1. The van der Waals surface area contributed by atoms with Crippen LogP contribution < -0.4 is 5.56 Å². The highest BCUT2D eigenvalue weighted by Gasteiger charge is 2.56. The van der Waals surface area contributed by atoms with Crippen molar-refractivity contribution in [1.29, 1.82) is 0 Å². The Balaban J connectivity index is 1.54. The quantitative estimate of drug-likeness (QED) is 0.836. The summed E-state index contributed by atoms with van der Waals surface area (Å²) in [5.74, 6) is 1.55. The molecule has 0 N–H and O–H groups in total. The van der Waals surface area contributed by atoms with Crippen molar-refractivity contribution in [3.05, 3.63) is 34.7 Å². The monoisotopic (exact) mass is 290 g/mol. The van der Waals surface area contributed by atoms with Gasteiger partial charge in [0, 0.05) is 31.9 Å². The van der Waals surface area contributed by atoms with Crippen LogP contribution in [0.4, 0.5) is 4.79 Å². The van der Waals surface area contributed by atoms with Crippen LogP contribution in [0.5, 0.6) is 0 Å². The first-order valence-electron chi connectivity index (χ1n) is 7.48. The SMILES string of the molecule is CC(C)(C)OC(=O)N1C[C@@H]2C(Cn3ccccc3=O)[C@@H]2C1. The molecule has 0 spiro atoms. The molecule has 3 atom stereocenters. The average molecular weight is 290 g/mol. The second-order valence-corrected chi connectivity index (χ2v) is 7.07. The van der Waals surface area contributed by atoms with Gasteiger partial charge in [-0.15, -0.1) is 0 Å². The molecule has 1 aromatic heterocycles. The van der Waals surface area contributed by atoms with E-state index in [2.05, 4.69) is 0 Å². The van der Waals surface area contributed by atoms with Crippen LogP contribution in [0.25, 0.3) is 0 Å². The number of hydrogen-bond acceptors (Lipinski definition) is 3. The Kier molecular flexibility index (Phi) is 3.30. The normalized spacial score (nSPS) is 27.4. The Bertz CT molecular complexity index is 590. The van der Waals surface area contributed by atoms with Gasteiger partial charge in [0.05, 0.1) is 0 Å². The van der Waals surface area contributed by atoms with E-state index in [1.807, 2.05) is 33.0 Å². The van der Waals surface area contributed by atoms with E-state index >= 15 is 0 Å². The molecule has 1 aliphatic carbocycles. The minimum Gasteiger partial charge on any atom is -0.444 e. The lowest BCUT2D eigenvalue weighted by Gasteiger charge is -2.26. The largest absolute Gasteiger partial charge is 0.444 e. The fourth-order valence-electron chi connectivity index (χ4n) is 3.23. The van der Waals surface area contributed by atoms with E-state index in [0.717, 1.165) is 19.6 Å². The van der Waals surface area contributed by atoms with Crippen LogP contribution in [0.1, 0.15) is 20.8 Å². The number of amides is 1. The van der Waals surface area contributed by atoms with Crippen molar-refractivity contribution >= 4 is 6.09 Å². The zero-order valence-corrected chi connectivity index (χ0v) is 12.8. The molecule has 5 nitrogen and oxygen atoms in total. The maximum absolute atomic E-state index is 12.0. The van der Waals surface area contributed by atoms with Crippen molar-refractivity contribution in [2.24, 2.45) is 17.8 Å². The minimum absolute atomic E-state index is 0.0477. The first kappa shape index (κ1) is 14.2. The van der Waals surface area contributed by atoms with Gasteiger partial charge in [-0.1, -0.05) is 6.07 Å². The molecule has 1 aromatic rings. The molecular formula is C16H22N2O3. The molecule has 3 rings (SSSR count). The second kappa shape index (κ2) is 4.90. The van der Waals surface area contributed by atoms with Crippen LogP contribution in [0.15, 0.2) is 29.2 Å². The number of nitrogens with zero attached hydrogens (tertiary/aromatic N) is 2. The fourth-order valence-corrected chi connectivity index (χ4v) is 3.23. The second-order valence-electron chi connectivity index (χ2n) is 7.07. The van der Waals surface area contributed by atoms with Crippen LogP contribution >= 0.6 is 0 Å². The molecule has 21 heavy (non-hydrogen) atoms. The number of ether oxygens (including phenoxy) is 1. The van der Waals surface area contributed by atoms with Crippen LogP contribution in [0, 0.1) is 17.8 Å². The number of carbonyl (C=O) groups excluding carboxylic acids is 1. The minimum atomic E-state index is -0.444. The van der Waals surface area contributed by atoms with Gasteiger partial charge < -0.3 is 14.2 Å². The number of fused-ring (bicyclic) bond motifs is 1. The molecule has 1 amide bonds. The number of carbonyl (C=O) groups is 1. The lowest BCUT2D eigenvalue weighted by Crippen LogP contribution is -2.37.